The Labute approximate surface area is 175 Å². The number of hydrogen-bond acceptors (Lipinski definition) is 4. The minimum atomic E-state index is -4.35. The Morgan fingerprint density at radius 2 is 1.80 bits per heavy atom. The largest absolute Gasteiger partial charge is 0.416 e. The smallest absolute Gasteiger partial charge is 0.383 e. The molecule has 0 unspecified atom stereocenters. The number of rotatable bonds is 6. The van der Waals surface area contributed by atoms with Gasteiger partial charge in [-0.15, -0.1) is 0 Å². The van der Waals surface area contributed by atoms with Crippen molar-refractivity contribution < 1.29 is 13.2 Å². The van der Waals surface area contributed by atoms with E-state index in [9.17, 15) is 13.2 Å². The van der Waals surface area contributed by atoms with E-state index in [4.69, 9.17) is 11.6 Å². The minimum absolute atomic E-state index is 0.417. The Morgan fingerprint density at radius 3 is 2.57 bits per heavy atom. The van der Waals surface area contributed by atoms with Crippen molar-refractivity contribution in [3.05, 3.63) is 71.4 Å². The second kappa shape index (κ2) is 8.23. The van der Waals surface area contributed by atoms with Gasteiger partial charge in [0.25, 0.3) is 0 Å². The van der Waals surface area contributed by atoms with Crippen molar-refractivity contribution in [2.75, 3.05) is 23.7 Å². The van der Waals surface area contributed by atoms with Gasteiger partial charge in [0.05, 0.1) is 16.6 Å². The zero-order chi connectivity index (χ0) is 21.1. The van der Waals surface area contributed by atoms with Crippen LogP contribution in [0.3, 0.4) is 0 Å². The summed E-state index contributed by atoms with van der Waals surface area (Å²) in [5, 5.41) is 6.73. The molecule has 4 rings (SSSR count). The van der Waals surface area contributed by atoms with Crippen LogP contribution in [-0.2, 0) is 6.18 Å². The molecule has 4 aromatic rings. The summed E-state index contributed by atoms with van der Waals surface area (Å²) >= 11 is 6.00. The van der Waals surface area contributed by atoms with Gasteiger partial charge >= 0.3 is 6.18 Å². The summed E-state index contributed by atoms with van der Waals surface area (Å²) in [5.74, 6) is 1.35. The first-order valence-electron chi connectivity index (χ1n) is 9.15. The first-order chi connectivity index (χ1) is 14.4. The normalized spacial score (nSPS) is 11.6. The molecule has 0 amide bonds. The van der Waals surface area contributed by atoms with E-state index in [0.717, 1.165) is 28.7 Å². The molecule has 0 spiro atoms. The fraction of sp³-hybridized carbons (Fsp3) is 0.143. The van der Waals surface area contributed by atoms with Crippen molar-refractivity contribution in [1.29, 1.82) is 0 Å². The van der Waals surface area contributed by atoms with Crippen molar-refractivity contribution in [1.82, 2.24) is 15.0 Å². The molecular weight excluding hydrogens is 415 g/mol. The van der Waals surface area contributed by atoms with E-state index in [1.165, 1.54) is 6.07 Å². The number of pyridine rings is 1. The van der Waals surface area contributed by atoms with E-state index in [1.807, 2.05) is 24.3 Å². The second-order valence-electron chi connectivity index (χ2n) is 6.61. The molecule has 2 heterocycles. The molecule has 2 aromatic heterocycles. The molecule has 5 nitrogen and oxygen atoms in total. The van der Waals surface area contributed by atoms with E-state index in [1.54, 1.807) is 18.3 Å². The molecule has 30 heavy (non-hydrogen) atoms. The predicted octanol–water partition coefficient (Wildman–Crippen LogP) is 5.82. The second-order valence-corrected chi connectivity index (χ2v) is 7.05. The lowest BCUT2D eigenvalue weighted by Gasteiger charge is -2.11. The lowest BCUT2D eigenvalue weighted by molar-refractivity contribution is -0.137. The van der Waals surface area contributed by atoms with Gasteiger partial charge in [0.15, 0.2) is 0 Å². The van der Waals surface area contributed by atoms with Gasteiger partial charge in [0.2, 0.25) is 0 Å². The molecular formula is C21H17ClF3N5. The number of nitrogens with one attached hydrogen (secondary N) is 3. The first kappa shape index (κ1) is 20.0. The molecule has 0 bridgehead atoms. The number of anilines is 2. The third-order valence-corrected chi connectivity index (χ3v) is 4.67. The summed E-state index contributed by atoms with van der Waals surface area (Å²) in [7, 11) is 0. The fourth-order valence-electron chi connectivity index (χ4n) is 2.96. The van der Waals surface area contributed by atoms with Crippen LogP contribution in [0.5, 0.6) is 0 Å². The summed E-state index contributed by atoms with van der Waals surface area (Å²) in [4.78, 5) is 12.1. The van der Waals surface area contributed by atoms with Crippen LogP contribution in [-0.4, -0.2) is 28.0 Å². The van der Waals surface area contributed by atoms with Crippen LogP contribution >= 0.6 is 11.6 Å². The number of hydrogen-bond donors (Lipinski definition) is 3. The number of aromatic nitrogens is 3. The van der Waals surface area contributed by atoms with Crippen molar-refractivity contribution >= 4 is 34.1 Å². The molecule has 0 saturated heterocycles. The Hall–Kier alpha value is -3.26. The maximum atomic E-state index is 12.7. The molecule has 154 valence electrons. The highest BCUT2D eigenvalue weighted by Crippen LogP contribution is 2.30. The molecule has 0 saturated carbocycles. The van der Waals surface area contributed by atoms with E-state index in [2.05, 4.69) is 25.6 Å². The molecule has 0 aliphatic heterocycles. The molecule has 0 aliphatic rings. The zero-order valence-corrected chi connectivity index (χ0v) is 16.3. The van der Waals surface area contributed by atoms with Gasteiger partial charge in [-0.2, -0.15) is 13.2 Å². The van der Waals surface area contributed by atoms with Crippen LogP contribution in [0.2, 0.25) is 5.02 Å². The predicted molar refractivity (Wildman–Crippen MR) is 113 cm³/mol. The van der Waals surface area contributed by atoms with Gasteiger partial charge in [-0.25, -0.2) is 9.97 Å². The molecule has 0 fully saturated rings. The third kappa shape index (κ3) is 4.65. The molecule has 0 atom stereocenters. The Kier molecular flexibility index (Phi) is 5.50. The highest BCUT2D eigenvalue weighted by Gasteiger charge is 2.30. The Bertz CT molecular complexity index is 1160. The van der Waals surface area contributed by atoms with Crippen LogP contribution in [0.4, 0.5) is 24.7 Å². The lowest BCUT2D eigenvalue weighted by Crippen LogP contribution is -2.14. The minimum Gasteiger partial charge on any atom is -0.383 e. The quantitative estimate of drug-likeness (QED) is 0.336. The molecule has 9 heteroatoms. The molecule has 3 N–H and O–H groups in total. The SMILES string of the molecule is FC(F)(F)c1cccc(NCCNc2ccc(-c3nc4ccc(Cl)cc4[nH]3)cn2)c1. The highest BCUT2D eigenvalue weighted by molar-refractivity contribution is 6.31. The maximum Gasteiger partial charge on any atom is 0.416 e. The molecule has 0 radical (unpaired) electrons. The Morgan fingerprint density at radius 1 is 0.967 bits per heavy atom. The van der Waals surface area contributed by atoms with Gasteiger partial charge in [-0.05, 0) is 48.5 Å². The maximum absolute atomic E-state index is 12.7. The van der Waals surface area contributed by atoms with Crippen LogP contribution in [0.15, 0.2) is 60.8 Å². The lowest BCUT2D eigenvalue weighted by atomic mass is 10.2. The summed E-state index contributed by atoms with van der Waals surface area (Å²) in [5.41, 5.74) is 2.23. The topological polar surface area (TPSA) is 65.6 Å². The van der Waals surface area contributed by atoms with Crippen LogP contribution < -0.4 is 10.6 Å². The number of aromatic amines is 1. The first-order valence-corrected chi connectivity index (χ1v) is 9.53. The summed E-state index contributed by atoms with van der Waals surface area (Å²) in [6.45, 7) is 0.931. The van der Waals surface area contributed by atoms with Gasteiger partial charge < -0.3 is 15.6 Å². The third-order valence-electron chi connectivity index (χ3n) is 4.43. The summed E-state index contributed by atoms with van der Waals surface area (Å²) in [6, 6.07) is 14.3. The van der Waals surface area contributed by atoms with E-state index in [-0.39, 0.29) is 0 Å². The Balaban J connectivity index is 1.33. The zero-order valence-electron chi connectivity index (χ0n) is 15.6. The van der Waals surface area contributed by atoms with Gasteiger partial charge in [-0.1, -0.05) is 17.7 Å². The van der Waals surface area contributed by atoms with Gasteiger partial charge in [-0.3, -0.25) is 0 Å². The number of fused-ring (bicyclic) bond motifs is 1. The van der Waals surface area contributed by atoms with Gasteiger partial charge in [0, 0.05) is 35.6 Å². The number of imidazole rings is 1. The van der Waals surface area contributed by atoms with Gasteiger partial charge in [0.1, 0.15) is 11.6 Å². The van der Waals surface area contributed by atoms with Crippen LogP contribution in [0.1, 0.15) is 5.56 Å². The number of benzene rings is 2. The van der Waals surface area contributed by atoms with Crippen molar-refractivity contribution in [3.8, 4) is 11.4 Å². The number of halogens is 4. The van der Waals surface area contributed by atoms with Crippen molar-refractivity contribution in [2.45, 2.75) is 6.18 Å². The number of nitrogens with zero attached hydrogens (tertiary/aromatic N) is 2. The number of alkyl halides is 3. The van der Waals surface area contributed by atoms with Crippen molar-refractivity contribution in [3.63, 3.8) is 0 Å². The number of H-pyrrole nitrogens is 1. The van der Waals surface area contributed by atoms with E-state index < -0.39 is 11.7 Å². The van der Waals surface area contributed by atoms with Crippen LogP contribution in [0, 0.1) is 0 Å². The monoisotopic (exact) mass is 431 g/mol. The van der Waals surface area contributed by atoms with E-state index >= 15 is 0 Å². The van der Waals surface area contributed by atoms with Crippen LogP contribution in [0.25, 0.3) is 22.4 Å². The molecule has 2 aromatic carbocycles. The van der Waals surface area contributed by atoms with E-state index in [0.29, 0.717) is 35.4 Å². The fourth-order valence-corrected chi connectivity index (χ4v) is 3.13. The summed E-state index contributed by atoms with van der Waals surface area (Å²) < 4.78 is 38.2. The summed E-state index contributed by atoms with van der Waals surface area (Å²) in [6.07, 6.45) is -2.66. The average molecular weight is 432 g/mol. The molecule has 0 aliphatic carbocycles. The van der Waals surface area contributed by atoms with Crippen molar-refractivity contribution in [2.24, 2.45) is 0 Å². The average Bonchev–Trinajstić information content (AvgIpc) is 3.14. The standard InChI is InChI=1S/C21H17ClF3N5/c22-15-5-6-17-18(11-15)30-20(29-17)13-4-7-19(28-12-13)27-9-8-26-16-3-1-2-14(10-16)21(23,24)25/h1-7,10-12,26H,8-9H2,(H,27,28)(H,29,30). The highest BCUT2D eigenvalue weighted by atomic mass is 35.5.